The smallest absolute Gasteiger partial charge is 0.277 e. The highest BCUT2D eigenvalue weighted by molar-refractivity contribution is 5.84. The van der Waals surface area contributed by atoms with E-state index in [1.165, 1.54) is 29.6 Å². The van der Waals surface area contributed by atoms with Crippen LogP contribution in [0.1, 0.15) is 29.7 Å². The third-order valence-electron chi connectivity index (χ3n) is 4.57. The minimum Gasteiger partial charge on any atom is -0.358 e. The average Bonchev–Trinajstić information content (AvgIpc) is 2.68. The first kappa shape index (κ1) is 20.6. The Bertz CT molecular complexity index is 777. The number of nitrogens with two attached hydrogens (primary N) is 1. The topological polar surface area (TPSA) is 66.0 Å². The number of carbonyl (C=O) groups excluding carboxylic acids is 2. The van der Waals surface area contributed by atoms with E-state index >= 15 is 0 Å². The van der Waals surface area contributed by atoms with Crippen molar-refractivity contribution in [1.29, 1.82) is 0 Å². The molecule has 2 aromatic carbocycles. The molecule has 0 saturated heterocycles. The van der Waals surface area contributed by atoms with E-state index in [0.29, 0.717) is 0 Å². The Labute approximate surface area is 159 Å². The zero-order valence-corrected chi connectivity index (χ0v) is 16.0. The maximum absolute atomic E-state index is 13.7. The number of rotatable bonds is 8. The lowest BCUT2D eigenvalue weighted by Gasteiger charge is -2.20. The summed E-state index contributed by atoms with van der Waals surface area (Å²) >= 11 is 0. The highest BCUT2D eigenvalue weighted by atomic mass is 19.1. The molecule has 0 saturated carbocycles. The number of halogens is 1. The van der Waals surface area contributed by atoms with Gasteiger partial charge in [0.1, 0.15) is 11.9 Å². The molecule has 0 fully saturated rings. The zero-order chi connectivity index (χ0) is 19.8. The third-order valence-corrected chi connectivity index (χ3v) is 4.57. The molecule has 144 valence electrons. The van der Waals surface area contributed by atoms with Crippen LogP contribution in [0.4, 0.5) is 4.39 Å². The van der Waals surface area contributed by atoms with E-state index in [1.807, 2.05) is 23.5 Å². The molecule has 0 bridgehead atoms. The number of amides is 2. The Hall–Kier alpha value is -2.73. The van der Waals surface area contributed by atoms with Gasteiger partial charge < -0.3 is 15.5 Å². The van der Waals surface area contributed by atoms with Gasteiger partial charge in [-0.1, -0.05) is 43.3 Å². The van der Waals surface area contributed by atoms with Gasteiger partial charge in [-0.25, -0.2) is 4.39 Å². The quantitative estimate of drug-likeness (QED) is 0.732. The van der Waals surface area contributed by atoms with E-state index in [1.54, 1.807) is 13.1 Å². The predicted octanol–water partition coefficient (Wildman–Crippen LogP) is 1.25. The Morgan fingerprint density at radius 3 is 2.44 bits per heavy atom. The Kier molecular flexibility index (Phi) is 7.49. The van der Waals surface area contributed by atoms with Gasteiger partial charge in [-0.15, -0.1) is 0 Å². The van der Waals surface area contributed by atoms with Gasteiger partial charge in [0.25, 0.3) is 5.91 Å². The summed E-state index contributed by atoms with van der Waals surface area (Å²) in [6.45, 7) is 2.26. The Balaban J connectivity index is 2.17. The summed E-state index contributed by atoms with van der Waals surface area (Å²) in [6.07, 6.45) is 0.942. The number of nitrogens with one attached hydrogen (secondary N) is 1. The number of aryl methyl sites for hydroxylation is 1. The van der Waals surface area contributed by atoms with Gasteiger partial charge >= 0.3 is 0 Å². The van der Waals surface area contributed by atoms with Crippen LogP contribution in [-0.2, 0) is 16.0 Å². The van der Waals surface area contributed by atoms with Gasteiger partial charge in [0.15, 0.2) is 6.54 Å². The minimum absolute atomic E-state index is 0.0129. The predicted molar refractivity (Wildman–Crippen MR) is 103 cm³/mol. The van der Waals surface area contributed by atoms with Gasteiger partial charge in [0.05, 0.1) is 6.54 Å². The molecule has 5 nitrogen and oxygen atoms in total. The van der Waals surface area contributed by atoms with Crippen LogP contribution in [0.2, 0.25) is 0 Å². The van der Waals surface area contributed by atoms with Crippen molar-refractivity contribution in [2.75, 3.05) is 27.2 Å². The summed E-state index contributed by atoms with van der Waals surface area (Å²) in [5.41, 5.74) is 3.01. The van der Waals surface area contributed by atoms with Crippen molar-refractivity contribution in [2.45, 2.75) is 19.4 Å². The van der Waals surface area contributed by atoms with Gasteiger partial charge in [-0.05, 0) is 24.1 Å². The second-order valence-electron chi connectivity index (χ2n) is 6.49. The molecule has 0 aliphatic rings. The first-order valence-corrected chi connectivity index (χ1v) is 9.06. The molecule has 6 heteroatoms. The Morgan fingerprint density at radius 1 is 1.15 bits per heavy atom. The van der Waals surface area contributed by atoms with Crippen LogP contribution in [0.3, 0.4) is 0 Å². The SMILES string of the molecule is CCc1ccc([C@H]([NH2+]CC(=O)N(C)CC(=O)NC)c2cccc(F)c2)cc1. The van der Waals surface area contributed by atoms with E-state index in [-0.39, 0.29) is 36.8 Å². The highest BCUT2D eigenvalue weighted by Crippen LogP contribution is 2.20. The number of nitrogens with zero attached hydrogens (tertiary/aromatic N) is 1. The van der Waals surface area contributed by atoms with Gasteiger partial charge in [-0.2, -0.15) is 0 Å². The molecule has 0 spiro atoms. The van der Waals surface area contributed by atoms with Crippen LogP contribution in [0.25, 0.3) is 0 Å². The van der Waals surface area contributed by atoms with Crippen LogP contribution < -0.4 is 10.6 Å². The lowest BCUT2D eigenvalue weighted by molar-refractivity contribution is -0.677. The summed E-state index contributed by atoms with van der Waals surface area (Å²) in [5.74, 6) is -0.688. The van der Waals surface area contributed by atoms with E-state index in [9.17, 15) is 14.0 Å². The van der Waals surface area contributed by atoms with Crippen molar-refractivity contribution >= 4 is 11.8 Å². The molecular weight excluding hydrogens is 345 g/mol. The van der Waals surface area contributed by atoms with Crippen molar-refractivity contribution in [3.05, 3.63) is 71.0 Å². The van der Waals surface area contributed by atoms with E-state index in [0.717, 1.165) is 17.5 Å². The second kappa shape index (κ2) is 9.83. The minimum atomic E-state index is -0.306. The fourth-order valence-corrected chi connectivity index (χ4v) is 2.88. The van der Waals surface area contributed by atoms with Crippen molar-refractivity contribution in [1.82, 2.24) is 10.2 Å². The lowest BCUT2D eigenvalue weighted by Crippen LogP contribution is -2.87. The van der Waals surface area contributed by atoms with Crippen LogP contribution >= 0.6 is 0 Å². The third kappa shape index (κ3) is 5.89. The zero-order valence-electron chi connectivity index (χ0n) is 16.0. The molecule has 0 aliphatic heterocycles. The Morgan fingerprint density at radius 2 is 1.85 bits per heavy atom. The van der Waals surface area contributed by atoms with Crippen molar-refractivity contribution in [3.8, 4) is 0 Å². The average molecular weight is 372 g/mol. The molecule has 0 heterocycles. The van der Waals surface area contributed by atoms with Gasteiger partial charge in [-0.3, -0.25) is 9.59 Å². The second-order valence-corrected chi connectivity index (χ2v) is 6.49. The molecule has 2 amide bonds. The fraction of sp³-hybridized carbons (Fsp3) is 0.333. The number of hydrogen-bond donors (Lipinski definition) is 2. The molecule has 0 unspecified atom stereocenters. The van der Waals surface area contributed by atoms with Gasteiger partial charge in [0, 0.05) is 25.2 Å². The first-order valence-electron chi connectivity index (χ1n) is 9.06. The summed E-state index contributed by atoms with van der Waals surface area (Å²) in [6, 6.07) is 14.4. The van der Waals surface area contributed by atoms with Gasteiger partial charge in [0.2, 0.25) is 5.91 Å². The number of carbonyl (C=O) groups is 2. The summed E-state index contributed by atoms with van der Waals surface area (Å²) in [4.78, 5) is 25.2. The number of hydrogen-bond acceptors (Lipinski definition) is 2. The van der Waals surface area contributed by atoms with Crippen LogP contribution in [0, 0.1) is 5.82 Å². The first-order chi connectivity index (χ1) is 12.9. The van der Waals surface area contributed by atoms with Crippen LogP contribution in [-0.4, -0.2) is 43.9 Å². The largest absolute Gasteiger partial charge is 0.358 e. The number of quaternary nitrogens is 1. The highest BCUT2D eigenvalue weighted by Gasteiger charge is 2.21. The van der Waals surface area contributed by atoms with Crippen LogP contribution in [0.15, 0.2) is 48.5 Å². The molecule has 2 aromatic rings. The van der Waals surface area contributed by atoms with Crippen molar-refractivity contribution in [2.24, 2.45) is 0 Å². The standard InChI is InChI=1S/C21H26FN3O2/c1-4-15-8-10-16(11-9-15)21(17-6-5-7-18(22)12-17)24-13-20(27)25(3)14-19(26)23-2/h5-12,21,24H,4,13-14H2,1-3H3,(H,23,26)/p+1/t21-/m0/s1. The van der Waals surface area contributed by atoms with E-state index in [4.69, 9.17) is 0 Å². The summed E-state index contributed by atoms with van der Waals surface area (Å²) in [5, 5.41) is 4.37. The maximum atomic E-state index is 13.7. The lowest BCUT2D eigenvalue weighted by atomic mass is 9.97. The molecular formula is C21H27FN3O2+. The van der Waals surface area contributed by atoms with E-state index in [2.05, 4.69) is 24.4 Å². The van der Waals surface area contributed by atoms with Crippen LogP contribution in [0.5, 0.6) is 0 Å². The molecule has 1 atom stereocenters. The molecule has 0 aromatic heterocycles. The number of likely N-dealkylation sites (N-methyl/N-ethyl adjacent to an activating group) is 2. The molecule has 3 N–H and O–H groups in total. The molecule has 0 radical (unpaired) electrons. The normalized spacial score (nSPS) is 11.7. The summed E-state index contributed by atoms with van der Waals surface area (Å²) in [7, 11) is 3.13. The van der Waals surface area contributed by atoms with E-state index < -0.39 is 0 Å². The summed E-state index contributed by atoms with van der Waals surface area (Å²) < 4.78 is 13.7. The monoisotopic (exact) mass is 372 g/mol. The molecule has 2 rings (SSSR count). The van der Waals surface area contributed by atoms with Crippen molar-refractivity contribution in [3.63, 3.8) is 0 Å². The fourth-order valence-electron chi connectivity index (χ4n) is 2.88. The molecule has 27 heavy (non-hydrogen) atoms. The maximum Gasteiger partial charge on any atom is 0.277 e. The number of benzene rings is 2. The van der Waals surface area contributed by atoms with Crippen molar-refractivity contribution < 1.29 is 19.3 Å². The molecule has 0 aliphatic carbocycles.